The van der Waals surface area contributed by atoms with Crippen molar-refractivity contribution in [3.05, 3.63) is 65.2 Å². The van der Waals surface area contributed by atoms with Gasteiger partial charge in [-0.1, -0.05) is 43.3 Å². The van der Waals surface area contributed by atoms with Gasteiger partial charge in [-0.3, -0.25) is 4.79 Å². The quantitative estimate of drug-likeness (QED) is 0.477. The van der Waals surface area contributed by atoms with Crippen molar-refractivity contribution >= 4 is 5.97 Å². The minimum atomic E-state index is -0.732. The van der Waals surface area contributed by atoms with Crippen molar-refractivity contribution in [2.75, 3.05) is 6.61 Å². The number of benzene rings is 2. The van der Waals surface area contributed by atoms with E-state index >= 15 is 0 Å². The Morgan fingerprint density at radius 3 is 2.76 bits per heavy atom. The fourth-order valence-corrected chi connectivity index (χ4v) is 7.06. The Kier molecular flexibility index (Phi) is 6.47. The monoisotopic (exact) mass is 448 g/mol. The third-order valence-corrected chi connectivity index (χ3v) is 8.71. The standard InChI is InChI=1S/C29H36O4/c1-29-16-15-24-23-12-10-22(33-19-20-6-3-2-4-7-20)18-21(23)9-11-25(24)26(29)13-14-27(29)32-17-5-8-28(30)31/h2-4,6-7,10,12,18,24-27H,5,8-9,11,13-17,19H2,1H3,(H,30,31)/t24?,25?,26?,27-,29-/m0/s1. The van der Waals surface area contributed by atoms with Gasteiger partial charge in [-0.05, 0) is 96.9 Å². The summed E-state index contributed by atoms with van der Waals surface area (Å²) in [5.74, 6) is 2.35. The van der Waals surface area contributed by atoms with Gasteiger partial charge in [0.15, 0.2) is 0 Å². The highest BCUT2D eigenvalue weighted by molar-refractivity contribution is 5.66. The Morgan fingerprint density at radius 1 is 1.09 bits per heavy atom. The largest absolute Gasteiger partial charge is 0.489 e. The Balaban J connectivity index is 1.24. The van der Waals surface area contributed by atoms with Gasteiger partial charge < -0.3 is 14.6 Å². The molecule has 0 spiro atoms. The summed E-state index contributed by atoms with van der Waals surface area (Å²) in [5, 5.41) is 8.89. The molecule has 2 aromatic rings. The normalized spacial score (nSPS) is 30.2. The average molecular weight is 449 g/mol. The molecule has 5 atom stereocenters. The zero-order valence-corrected chi connectivity index (χ0v) is 19.7. The topological polar surface area (TPSA) is 55.8 Å². The van der Waals surface area contributed by atoms with E-state index in [0.29, 0.717) is 31.5 Å². The van der Waals surface area contributed by atoms with Crippen molar-refractivity contribution in [2.24, 2.45) is 17.3 Å². The van der Waals surface area contributed by atoms with E-state index in [4.69, 9.17) is 14.6 Å². The lowest BCUT2D eigenvalue weighted by atomic mass is 9.55. The second-order valence-electron chi connectivity index (χ2n) is 10.5. The van der Waals surface area contributed by atoms with E-state index < -0.39 is 5.97 Å². The summed E-state index contributed by atoms with van der Waals surface area (Å²) in [6.45, 7) is 3.63. The molecule has 33 heavy (non-hydrogen) atoms. The van der Waals surface area contributed by atoms with Gasteiger partial charge in [-0.15, -0.1) is 0 Å². The predicted molar refractivity (Wildman–Crippen MR) is 128 cm³/mol. The van der Waals surface area contributed by atoms with Gasteiger partial charge >= 0.3 is 5.97 Å². The smallest absolute Gasteiger partial charge is 0.303 e. The van der Waals surface area contributed by atoms with Crippen LogP contribution in [0.4, 0.5) is 0 Å². The van der Waals surface area contributed by atoms with Crippen LogP contribution in [0.3, 0.4) is 0 Å². The van der Waals surface area contributed by atoms with Gasteiger partial charge in [0.2, 0.25) is 0 Å². The van der Waals surface area contributed by atoms with Gasteiger partial charge in [0.25, 0.3) is 0 Å². The molecule has 0 radical (unpaired) electrons. The number of carboxylic acids is 1. The van der Waals surface area contributed by atoms with E-state index in [1.807, 2.05) is 6.07 Å². The lowest BCUT2D eigenvalue weighted by molar-refractivity contribution is -0.137. The Labute approximate surface area is 197 Å². The molecule has 1 N–H and O–H groups in total. The zero-order valence-electron chi connectivity index (χ0n) is 19.7. The highest BCUT2D eigenvalue weighted by atomic mass is 16.5. The van der Waals surface area contributed by atoms with Crippen molar-refractivity contribution in [3.8, 4) is 5.75 Å². The molecule has 0 amide bonds. The summed E-state index contributed by atoms with van der Waals surface area (Å²) in [5.41, 5.74) is 4.46. The molecular weight excluding hydrogens is 412 g/mol. The van der Waals surface area contributed by atoms with E-state index in [0.717, 1.165) is 24.5 Å². The van der Waals surface area contributed by atoms with Crippen LogP contribution in [0.15, 0.2) is 48.5 Å². The van der Waals surface area contributed by atoms with Crippen molar-refractivity contribution in [1.29, 1.82) is 0 Å². The zero-order chi connectivity index (χ0) is 22.8. The number of carboxylic acid groups (broad SMARTS) is 1. The maximum atomic E-state index is 10.8. The average Bonchev–Trinajstić information content (AvgIpc) is 3.17. The van der Waals surface area contributed by atoms with Crippen LogP contribution in [0.5, 0.6) is 5.75 Å². The second kappa shape index (κ2) is 9.50. The first kappa shape index (κ1) is 22.5. The summed E-state index contributed by atoms with van der Waals surface area (Å²) < 4.78 is 12.4. The number of aryl methyl sites for hydroxylation is 1. The van der Waals surface area contributed by atoms with Crippen molar-refractivity contribution in [2.45, 2.75) is 76.9 Å². The summed E-state index contributed by atoms with van der Waals surface area (Å²) in [6.07, 6.45) is 8.28. The van der Waals surface area contributed by atoms with Crippen LogP contribution in [0.2, 0.25) is 0 Å². The molecule has 2 aromatic carbocycles. The van der Waals surface area contributed by atoms with E-state index in [2.05, 4.69) is 49.4 Å². The SMILES string of the molecule is C[C@]12CCC3c4ccc(OCc5ccccc5)cc4CCC3C1CC[C@@H]2OCCCC(=O)O. The first-order valence-corrected chi connectivity index (χ1v) is 12.7. The fourth-order valence-electron chi connectivity index (χ4n) is 7.06. The van der Waals surface area contributed by atoms with Gasteiger partial charge in [-0.2, -0.15) is 0 Å². The molecule has 0 aromatic heterocycles. The predicted octanol–water partition coefficient (Wildman–Crippen LogP) is 6.37. The van der Waals surface area contributed by atoms with Gasteiger partial charge in [-0.25, -0.2) is 0 Å². The molecule has 0 saturated heterocycles. The van der Waals surface area contributed by atoms with Crippen LogP contribution in [-0.4, -0.2) is 23.8 Å². The Hall–Kier alpha value is -2.33. The second-order valence-corrected chi connectivity index (χ2v) is 10.5. The van der Waals surface area contributed by atoms with Gasteiger partial charge in [0.1, 0.15) is 12.4 Å². The molecule has 0 bridgehead atoms. The highest BCUT2D eigenvalue weighted by Crippen LogP contribution is 2.61. The van der Waals surface area contributed by atoms with Gasteiger partial charge in [0.05, 0.1) is 6.10 Å². The van der Waals surface area contributed by atoms with E-state index in [-0.39, 0.29) is 17.9 Å². The van der Waals surface area contributed by atoms with Crippen LogP contribution in [0.25, 0.3) is 0 Å². The first-order chi connectivity index (χ1) is 16.0. The molecule has 3 aliphatic rings. The number of ether oxygens (including phenoxy) is 2. The van der Waals surface area contributed by atoms with Crippen LogP contribution in [0.1, 0.15) is 74.5 Å². The molecule has 2 fully saturated rings. The Morgan fingerprint density at radius 2 is 1.94 bits per heavy atom. The molecule has 0 aliphatic heterocycles. The minimum Gasteiger partial charge on any atom is -0.489 e. The van der Waals surface area contributed by atoms with Crippen LogP contribution in [0, 0.1) is 17.3 Å². The van der Waals surface area contributed by atoms with E-state index in [9.17, 15) is 4.79 Å². The molecule has 3 unspecified atom stereocenters. The van der Waals surface area contributed by atoms with Crippen LogP contribution in [-0.2, 0) is 22.6 Å². The van der Waals surface area contributed by atoms with Crippen molar-refractivity contribution in [1.82, 2.24) is 0 Å². The maximum Gasteiger partial charge on any atom is 0.303 e. The third-order valence-electron chi connectivity index (χ3n) is 8.71. The number of carbonyl (C=O) groups is 1. The molecule has 2 saturated carbocycles. The molecule has 0 heterocycles. The van der Waals surface area contributed by atoms with E-state index in [1.54, 1.807) is 5.56 Å². The lowest BCUT2D eigenvalue weighted by Crippen LogP contribution is -2.44. The summed E-state index contributed by atoms with van der Waals surface area (Å²) >= 11 is 0. The van der Waals surface area contributed by atoms with E-state index in [1.165, 1.54) is 36.8 Å². The van der Waals surface area contributed by atoms with Crippen molar-refractivity contribution in [3.63, 3.8) is 0 Å². The third kappa shape index (κ3) is 4.55. The molecular formula is C29H36O4. The minimum absolute atomic E-state index is 0.200. The highest BCUT2D eigenvalue weighted by Gasteiger charge is 2.55. The maximum absolute atomic E-state index is 10.8. The Bertz CT molecular complexity index is 971. The van der Waals surface area contributed by atoms with Crippen LogP contribution >= 0.6 is 0 Å². The number of fused-ring (bicyclic) bond motifs is 5. The summed E-state index contributed by atoms with van der Waals surface area (Å²) in [7, 11) is 0. The fraction of sp³-hybridized carbons (Fsp3) is 0.552. The molecule has 176 valence electrons. The number of aliphatic carboxylic acids is 1. The molecule has 4 heteroatoms. The lowest BCUT2D eigenvalue weighted by Gasteiger charge is -2.50. The first-order valence-electron chi connectivity index (χ1n) is 12.7. The van der Waals surface area contributed by atoms with Crippen LogP contribution < -0.4 is 4.74 Å². The number of hydrogen-bond acceptors (Lipinski definition) is 3. The summed E-state index contributed by atoms with van der Waals surface area (Å²) in [6, 6.07) is 17.1. The summed E-state index contributed by atoms with van der Waals surface area (Å²) in [4.78, 5) is 10.8. The number of rotatable bonds is 8. The molecule has 3 aliphatic carbocycles. The van der Waals surface area contributed by atoms with Crippen molar-refractivity contribution < 1.29 is 19.4 Å². The number of hydrogen-bond donors (Lipinski definition) is 1. The molecule has 5 rings (SSSR count). The molecule has 4 nitrogen and oxygen atoms in total. The van der Waals surface area contributed by atoms with Gasteiger partial charge in [0, 0.05) is 13.0 Å².